The van der Waals surface area contributed by atoms with Crippen LogP contribution in [0.3, 0.4) is 0 Å². The first kappa shape index (κ1) is 15.1. The van der Waals surface area contributed by atoms with E-state index in [9.17, 15) is 0 Å². The highest BCUT2D eigenvalue weighted by Crippen LogP contribution is 2.46. The topological polar surface area (TPSA) is 29.3 Å². The monoisotopic (exact) mass is 264 g/mol. The second-order valence-electron chi connectivity index (χ2n) is 7.66. The van der Waals surface area contributed by atoms with Gasteiger partial charge in [0.1, 0.15) is 0 Å². The molecular weight excluding hydrogens is 232 g/mol. The SMILES string of the molecule is CC(C)=CCN1C(C)(C)CC(N)CC12CCCCC2. The van der Waals surface area contributed by atoms with Gasteiger partial charge in [0.25, 0.3) is 0 Å². The highest BCUT2D eigenvalue weighted by atomic mass is 15.3. The molecule has 1 saturated heterocycles. The lowest BCUT2D eigenvalue weighted by molar-refractivity contribution is -0.0652. The van der Waals surface area contributed by atoms with Crippen molar-refractivity contribution in [1.82, 2.24) is 4.90 Å². The van der Waals surface area contributed by atoms with Gasteiger partial charge in [0, 0.05) is 23.7 Å². The predicted molar refractivity (Wildman–Crippen MR) is 83.2 cm³/mol. The van der Waals surface area contributed by atoms with E-state index >= 15 is 0 Å². The summed E-state index contributed by atoms with van der Waals surface area (Å²) in [6, 6.07) is 0.385. The molecule has 1 aliphatic carbocycles. The summed E-state index contributed by atoms with van der Waals surface area (Å²) in [6.45, 7) is 10.3. The van der Waals surface area contributed by atoms with Crippen molar-refractivity contribution >= 4 is 0 Å². The number of likely N-dealkylation sites (tertiary alicyclic amines) is 1. The molecule has 0 amide bonds. The number of hydrogen-bond donors (Lipinski definition) is 1. The molecule has 0 aromatic rings. The Morgan fingerprint density at radius 2 is 1.79 bits per heavy atom. The molecule has 0 aromatic heterocycles. The first-order valence-corrected chi connectivity index (χ1v) is 8.02. The van der Waals surface area contributed by atoms with Gasteiger partial charge >= 0.3 is 0 Å². The van der Waals surface area contributed by atoms with Crippen LogP contribution in [0.4, 0.5) is 0 Å². The van der Waals surface area contributed by atoms with Gasteiger partial charge in [-0.2, -0.15) is 0 Å². The summed E-state index contributed by atoms with van der Waals surface area (Å²) in [5.41, 5.74) is 8.44. The number of rotatable bonds is 2. The molecule has 0 radical (unpaired) electrons. The number of nitrogens with zero attached hydrogens (tertiary/aromatic N) is 1. The Morgan fingerprint density at radius 1 is 1.16 bits per heavy atom. The zero-order valence-electron chi connectivity index (χ0n) is 13.3. The minimum absolute atomic E-state index is 0.237. The zero-order valence-corrected chi connectivity index (χ0v) is 13.3. The van der Waals surface area contributed by atoms with Crippen molar-refractivity contribution in [3.05, 3.63) is 11.6 Å². The third-order valence-corrected chi connectivity index (χ3v) is 5.17. The summed E-state index contributed by atoms with van der Waals surface area (Å²) in [4.78, 5) is 2.79. The molecule has 2 N–H and O–H groups in total. The van der Waals surface area contributed by atoms with Gasteiger partial charge in [0.05, 0.1) is 0 Å². The molecule has 110 valence electrons. The van der Waals surface area contributed by atoms with Crippen LogP contribution in [-0.2, 0) is 0 Å². The molecule has 19 heavy (non-hydrogen) atoms. The molecule has 2 nitrogen and oxygen atoms in total. The van der Waals surface area contributed by atoms with Crippen LogP contribution in [0.25, 0.3) is 0 Å². The van der Waals surface area contributed by atoms with Crippen LogP contribution in [0.15, 0.2) is 11.6 Å². The van der Waals surface area contributed by atoms with Crippen LogP contribution in [0.1, 0.15) is 72.6 Å². The van der Waals surface area contributed by atoms with Crippen molar-refractivity contribution in [2.45, 2.75) is 89.8 Å². The molecule has 0 bridgehead atoms. The largest absolute Gasteiger partial charge is 0.328 e. The maximum atomic E-state index is 6.39. The normalized spacial score (nSPS) is 30.3. The highest BCUT2D eigenvalue weighted by molar-refractivity contribution is 5.09. The van der Waals surface area contributed by atoms with E-state index in [-0.39, 0.29) is 5.54 Å². The Balaban J connectivity index is 2.26. The van der Waals surface area contributed by atoms with Gasteiger partial charge in [-0.25, -0.2) is 0 Å². The number of allylic oxidation sites excluding steroid dienone is 1. The molecule has 0 aromatic carbocycles. The van der Waals surface area contributed by atoms with Gasteiger partial charge < -0.3 is 5.73 Å². The van der Waals surface area contributed by atoms with Crippen molar-refractivity contribution < 1.29 is 0 Å². The lowest BCUT2D eigenvalue weighted by Gasteiger charge is -2.59. The average molecular weight is 264 g/mol. The first-order valence-electron chi connectivity index (χ1n) is 8.02. The third kappa shape index (κ3) is 3.22. The van der Waals surface area contributed by atoms with Gasteiger partial charge in [0.2, 0.25) is 0 Å². The van der Waals surface area contributed by atoms with Gasteiger partial charge in [0.15, 0.2) is 0 Å². The molecule has 2 fully saturated rings. The molecule has 2 heteroatoms. The van der Waals surface area contributed by atoms with E-state index < -0.39 is 0 Å². The van der Waals surface area contributed by atoms with Crippen LogP contribution in [0, 0.1) is 0 Å². The van der Waals surface area contributed by atoms with E-state index in [1.165, 1.54) is 44.1 Å². The summed E-state index contributed by atoms with van der Waals surface area (Å²) < 4.78 is 0. The minimum atomic E-state index is 0.237. The van der Waals surface area contributed by atoms with Crippen molar-refractivity contribution in [1.29, 1.82) is 0 Å². The molecule has 1 unspecified atom stereocenters. The highest BCUT2D eigenvalue weighted by Gasteiger charge is 2.49. The Morgan fingerprint density at radius 3 is 2.37 bits per heavy atom. The van der Waals surface area contributed by atoms with Crippen LogP contribution >= 0.6 is 0 Å². The lowest BCUT2D eigenvalue weighted by Crippen LogP contribution is -2.66. The lowest BCUT2D eigenvalue weighted by atomic mass is 9.68. The smallest absolute Gasteiger partial charge is 0.0232 e. The zero-order chi connectivity index (χ0) is 14.1. The second kappa shape index (κ2) is 5.57. The van der Waals surface area contributed by atoms with Crippen molar-refractivity contribution in [3.8, 4) is 0 Å². The Hall–Kier alpha value is -0.340. The summed E-state index contributed by atoms with van der Waals surface area (Å²) in [7, 11) is 0. The van der Waals surface area contributed by atoms with Gasteiger partial charge in [-0.3, -0.25) is 4.90 Å². The summed E-state index contributed by atoms with van der Waals surface area (Å²) >= 11 is 0. The van der Waals surface area contributed by atoms with E-state index in [4.69, 9.17) is 5.73 Å². The van der Waals surface area contributed by atoms with E-state index in [0.717, 1.165) is 13.0 Å². The molecule has 2 rings (SSSR count). The molecule has 1 spiro atoms. The molecule has 1 saturated carbocycles. The Bertz CT molecular complexity index is 333. The predicted octanol–water partition coefficient (Wildman–Crippen LogP) is 3.86. The summed E-state index contributed by atoms with van der Waals surface area (Å²) in [5, 5.41) is 0. The van der Waals surface area contributed by atoms with Gasteiger partial charge in [-0.15, -0.1) is 0 Å². The van der Waals surface area contributed by atoms with Crippen molar-refractivity contribution in [3.63, 3.8) is 0 Å². The van der Waals surface area contributed by atoms with Gasteiger partial charge in [-0.1, -0.05) is 30.9 Å². The van der Waals surface area contributed by atoms with Gasteiger partial charge in [-0.05, 0) is 53.4 Å². The number of piperidine rings is 1. The van der Waals surface area contributed by atoms with Crippen molar-refractivity contribution in [2.24, 2.45) is 5.73 Å². The fourth-order valence-electron chi connectivity index (χ4n) is 4.46. The fourth-order valence-corrected chi connectivity index (χ4v) is 4.46. The van der Waals surface area contributed by atoms with Crippen LogP contribution < -0.4 is 5.73 Å². The maximum Gasteiger partial charge on any atom is 0.0232 e. The number of nitrogens with two attached hydrogens (primary N) is 1. The van der Waals surface area contributed by atoms with E-state index in [1.807, 2.05) is 0 Å². The first-order chi connectivity index (χ1) is 8.86. The Labute approximate surface area is 119 Å². The quantitative estimate of drug-likeness (QED) is 0.767. The standard InChI is InChI=1S/C17H32N2/c1-14(2)8-11-19-16(3,4)12-15(18)13-17(19)9-6-5-7-10-17/h8,15H,5-7,9-13,18H2,1-4H3. The number of hydrogen-bond acceptors (Lipinski definition) is 2. The van der Waals surface area contributed by atoms with E-state index in [0.29, 0.717) is 11.6 Å². The summed E-state index contributed by atoms with van der Waals surface area (Å²) in [6.07, 6.45) is 11.6. The van der Waals surface area contributed by atoms with Crippen molar-refractivity contribution in [2.75, 3.05) is 6.54 Å². The van der Waals surface area contributed by atoms with E-state index in [1.54, 1.807) is 0 Å². The minimum Gasteiger partial charge on any atom is -0.328 e. The molecule has 1 atom stereocenters. The molecule has 1 heterocycles. The fraction of sp³-hybridized carbons (Fsp3) is 0.882. The molecule has 2 aliphatic rings. The third-order valence-electron chi connectivity index (χ3n) is 5.17. The molecular formula is C17H32N2. The maximum absolute atomic E-state index is 6.39. The van der Waals surface area contributed by atoms with Crippen LogP contribution in [0.5, 0.6) is 0 Å². The Kier molecular flexibility index (Phi) is 4.42. The molecule has 1 aliphatic heterocycles. The second-order valence-corrected chi connectivity index (χ2v) is 7.66. The average Bonchev–Trinajstić information content (AvgIpc) is 2.26. The van der Waals surface area contributed by atoms with Crippen LogP contribution in [0.2, 0.25) is 0 Å². The summed E-state index contributed by atoms with van der Waals surface area (Å²) in [5.74, 6) is 0. The van der Waals surface area contributed by atoms with Crippen LogP contribution in [-0.4, -0.2) is 28.6 Å². The van der Waals surface area contributed by atoms with E-state index in [2.05, 4.69) is 38.7 Å².